The molecule has 0 N–H and O–H groups in total. The van der Waals surface area contributed by atoms with Crippen LogP contribution in [0, 0.1) is 180 Å². The van der Waals surface area contributed by atoms with Crippen molar-refractivity contribution >= 4 is 13.3 Å². The minimum Gasteiger partial charge on any atom is -0.0312 e. The van der Waals surface area contributed by atoms with E-state index in [1.165, 1.54) is 21.0 Å². The van der Waals surface area contributed by atoms with Crippen molar-refractivity contribution in [3.8, 4) is 0 Å². The summed E-state index contributed by atoms with van der Waals surface area (Å²) in [6.07, 6.45) is 40.0. The SMILES string of the molecule is [CH2-][C@@H]1[CH2][Ge]2([CH2][C@H]1[CH2-])[CH2][C@@H]([CH2-])[C@H]([CH2-])[CH2]2.[CH]1[CH][CH][CH][CH]1.[CH]1[CH][CH][CH][CH]1.[CH]1[CH][CH][CH][CH]1.[CH]1[CH][CH][CH][CH]1.[Zr+4].[Zr+4]. The van der Waals surface area contributed by atoms with Crippen molar-refractivity contribution in [3.05, 3.63) is 156 Å². The summed E-state index contributed by atoms with van der Waals surface area (Å²) in [6.45, 7) is 16.9. The van der Waals surface area contributed by atoms with Gasteiger partial charge in [-0.2, -0.15) is 0 Å². The molecule has 4 atom stereocenters. The number of hydrogen-bond acceptors (Lipinski definition) is 0. The Hall–Kier alpha value is 2.31. The van der Waals surface area contributed by atoms with Crippen molar-refractivity contribution in [2.45, 2.75) is 21.0 Å². The Balaban J connectivity index is 0.000000443. The molecule has 6 aliphatic rings. The van der Waals surface area contributed by atoms with Crippen molar-refractivity contribution in [3.63, 3.8) is 0 Å². The average molecular weight is 680 g/mol. The van der Waals surface area contributed by atoms with Gasteiger partial charge < -0.3 is 0 Å². The van der Waals surface area contributed by atoms with Gasteiger partial charge in [-0.1, -0.05) is 0 Å². The van der Waals surface area contributed by atoms with Crippen LogP contribution in [0.2, 0.25) is 21.0 Å². The second-order valence-corrected chi connectivity index (χ2v) is 18.9. The standard InChI is InChI=1S/C12H20Ge.4C5H5.2Zr/c1-9-5-13(6-10(9)2)7-11(3)12(4)8-13;4*1-2-4-5-3-1;;/h9-12H,1-8H2;4*1-5H;;/q-4;;;;;2*+4/t9-,10-,11-,12-;;;;;;/m1....../s1. The van der Waals surface area contributed by atoms with E-state index in [0.717, 1.165) is 0 Å². The summed E-state index contributed by atoms with van der Waals surface area (Å²) < 4.78 is 0. The van der Waals surface area contributed by atoms with E-state index in [1.807, 2.05) is 128 Å². The molecule has 6 fully saturated rings. The Morgan fingerprint density at radius 1 is 0.314 bits per heavy atom. The molecule has 4 saturated carbocycles. The molecule has 0 unspecified atom stereocenters. The van der Waals surface area contributed by atoms with Crippen molar-refractivity contribution in [2.24, 2.45) is 23.7 Å². The van der Waals surface area contributed by atoms with E-state index in [2.05, 4.69) is 27.7 Å². The summed E-state index contributed by atoms with van der Waals surface area (Å²) >= 11 is -1.50. The van der Waals surface area contributed by atoms with Crippen LogP contribution in [0.25, 0.3) is 0 Å². The van der Waals surface area contributed by atoms with Crippen LogP contribution in [0.15, 0.2) is 0 Å². The maximum Gasteiger partial charge on any atom is 4.00 e. The minimum atomic E-state index is -1.50. The third-order valence-electron chi connectivity index (χ3n) is 6.34. The van der Waals surface area contributed by atoms with E-state index < -0.39 is 13.3 Å². The van der Waals surface area contributed by atoms with Gasteiger partial charge in [-0.05, 0) is 128 Å². The molecule has 4 aliphatic carbocycles. The van der Waals surface area contributed by atoms with Crippen molar-refractivity contribution < 1.29 is 52.4 Å². The van der Waals surface area contributed by atoms with Gasteiger partial charge in [-0.25, -0.2) is 0 Å². The summed E-state index contributed by atoms with van der Waals surface area (Å²) in [5, 5.41) is 5.80. The first-order valence-corrected chi connectivity index (χ1v) is 17.9. The number of rotatable bonds is 0. The van der Waals surface area contributed by atoms with Gasteiger partial charge >= 0.3 is 138 Å². The van der Waals surface area contributed by atoms with Crippen LogP contribution < -0.4 is 0 Å². The first-order valence-electron chi connectivity index (χ1n) is 12.0. The summed E-state index contributed by atoms with van der Waals surface area (Å²) in [5.74, 6) is 2.60. The molecule has 2 aliphatic heterocycles. The second kappa shape index (κ2) is 23.1. The molecule has 1 spiro atoms. The van der Waals surface area contributed by atoms with E-state index in [1.54, 1.807) is 0 Å². The van der Waals surface area contributed by atoms with Gasteiger partial charge in [-0.15, -0.1) is 0 Å². The van der Waals surface area contributed by atoms with Gasteiger partial charge in [-0.3, -0.25) is 0 Å². The molecule has 0 aromatic rings. The van der Waals surface area contributed by atoms with E-state index in [-0.39, 0.29) is 52.4 Å². The molecule has 35 heavy (non-hydrogen) atoms. The molecule has 2 saturated heterocycles. The molecule has 0 aromatic heterocycles. The first-order chi connectivity index (χ1) is 16.0. The quantitative estimate of drug-likeness (QED) is 0.186. The largest absolute Gasteiger partial charge is 4.00 e. The van der Waals surface area contributed by atoms with Gasteiger partial charge in [0.15, 0.2) is 0 Å². The predicted octanol–water partition coefficient (Wildman–Crippen LogP) is 7.34. The van der Waals surface area contributed by atoms with Crippen LogP contribution in [0.4, 0.5) is 0 Å². The molecular formula is C32H40GeZr2+4. The first kappa shape index (κ1) is 37.3. The van der Waals surface area contributed by atoms with E-state index in [9.17, 15) is 0 Å². The minimum absolute atomic E-state index is 0. The van der Waals surface area contributed by atoms with Gasteiger partial charge in [0, 0.05) is 0 Å². The zero-order chi connectivity index (χ0) is 23.8. The smallest absolute Gasteiger partial charge is 0.0312 e. The fourth-order valence-electron chi connectivity index (χ4n) is 4.67. The Morgan fingerprint density at radius 2 is 0.429 bits per heavy atom. The Morgan fingerprint density at radius 3 is 0.543 bits per heavy atom. The van der Waals surface area contributed by atoms with Crippen molar-refractivity contribution in [1.29, 1.82) is 0 Å². The molecule has 176 valence electrons. The predicted molar refractivity (Wildman–Crippen MR) is 146 cm³/mol. The van der Waals surface area contributed by atoms with Crippen LogP contribution >= 0.6 is 0 Å². The average Bonchev–Trinajstić information content (AvgIpc) is 3.65. The number of hydrogen-bond donors (Lipinski definition) is 0. The van der Waals surface area contributed by atoms with Gasteiger partial charge in [0.2, 0.25) is 0 Å². The second-order valence-electron chi connectivity index (χ2n) is 9.21. The third-order valence-corrected chi connectivity index (χ3v) is 18.0. The van der Waals surface area contributed by atoms with Gasteiger partial charge in [0.05, 0.1) is 0 Å². The molecule has 0 aromatic carbocycles. The van der Waals surface area contributed by atoms with Crippen molar-refractivity contribution in [2.75, 3.05) is 0 Å². The summed E-state index contributed by atoms with van der Waals surface area (Å²) in [6, 6.07) is 0. The summed E-state index contributed by atoms with van der Waals surface area (Å²) in [5.41, 5.74) is 0. The third kappa shape index (κ3) is 16.9. The topological polar surface area (TPSA) is 0 Å². The normalized spacial score (nSPS) is 31.9. The molecule has 0 nitrogen and oxygen atoms in total. The fraction of sp³-hybridized carbons (Fsp3) is 0.250. The fourth-order valence-corrected chi connectivity index (χ4v) is 18.9. The van der Waals surface area contributed by atoms with Crippen LogP contribution in [-0.4, -0.2) is 13.3 Å². The Labute approximate surface area is 264 Å². The summed E-state index contributed by atoms with van der Waals surface area (Å²) in [4.78, 5) is 0. The van der Waals surface area contributed by atoms with Crippen LogP contribution in [0.5, 0.6) is 0 Å². The van der Waals surface area contributed by atoms with E-state index in [4.69, 9.17) is 0 Å². The molecule has 6 rings (SSSR count). The van der Waals surface area contributed by atoms with Crippen LogP contribution in [0.1, 0.15) is 0 Å². The maximum absolute atomic E-state index is 4.23. The molecule has 20 radical (unpaired) electrons. The molecule has 0 bridgehead atoms. The molecule has 2 heterocycles. The zero-order valence-electron chi connectivity index (χ0n) is 21.0. The van der Waals surface area contributed by atoms with Crippen LogP contribution in [-0.2, 0) is 52.4 Å². The van der Waals surface area contributed by atoms with E-state index >= 15 is 0 Å². The Kier molecular flexibility index (Phi) is 24.6. The van der Waals surface area contributed by atoms with Gasteiger partial charge in [0.25, 0.3) is 0 Å². The molecular weight excluding hydrogens is 639 g/mol. The van der Waals surface area contributed by atoms with E-state index in [0.29, 0.717) is 23.7 Å². The molecule has 0 amide bonds. The zero-order valence-corrected chi connectivity index (χ0v) is 28.0. The van der Waals surface area contributed by atoms with Gasteiger partial charge in [0.1, 0.15) is 0 Å². The van der Waals surface area contributed by atoms with Crippen LogP contribution in [0.3, 0.4) is 0 Å². The molecule has 3 heteroatoms. The monoisotopic (exact) mass is 678 g/mol. The van der Waals surface area contributed by atoms with Crippen molar-refractivity contribution in [1.82, 2.24) is 0 Å². The maximum atomic E-state index is 4.23. The Bertz CT molecular complexity index is 337. The summed E-state index contributed by atoms with van der Waals surface area (Å²) in [7, 11) is 0.